The van der Waals surface area contributed by atoms with Gasteiger partial charge in [0.1, 0.15) is 12.7 Å². The number of carbonyl (C=O) groups is 1. The van der Waals surface area contributed by atoms with E-state index in [1.807, 2.05) is 12.1 Å². The van der Waals surface area contributed by atoms with Crippen molar-refractivity contribution in [2.24, 2.45) is 0 Å². The lowest BCUT2D eigenvalue weighted by molar-refractivity contribution is -0.154. The molecule has 3 rings (SSSR count). The van der Waals surface area contributed by atoms with Crippen LogP contribution in [0.2, 0.25) is 0 Å². The van der Waals surface area contributed by atoms with E-state index in [1.165, 1.54) is 18.5 Å². The summed E-state index contributed by atoms with van der Waals surface area (Å²) in [6, 6.07) is 9.72. The number of para-hydroxylation sites is 1. The Hall–Kier alpha value is -3.43. The van der Waals surface area contributed by atoms with Gasteiger partial charge >= 0.3 is 6.18 Å². The number of benzene rings is 1. The van der Waals surface area contributed by atoms with Gasteiger partial charge in [0.2, 0.25) is 5.88 Å². The van der Waals surface area contributed by atoms with E-state index in [0.29, 0.717) is 12.2 Å². The van der Waals surface area contributed by atoms with Crippen molar-refractivity contribution < 1.29 is 22.7 Å². The van der Waals surface area contributed by atoms with Gasteiger partial charge < -0.3 is 10.1 Å². The van der Waals surface area contributed by atoms with Crippen LogP contribution in [0.25, 0.3) is 0 Å². The van der Waals surface area contributed by atoms with Gasteiger partial charge in [-0.3, -0.25) is 4.79 Å². The number of halogens is 3. The third-order valence-corrected chi connectivity index (χ3v) is 3.45. The summed E-state index contributed by atoms with van der Waals surface area (Å²) >= 11 is 0. The topological polar surface area (TPSA) is 81.9 Å². The summed E-state index contributed by atoms with van der Waals surface area (Å²) in [4.78, 5) is 20.0. The van der Waals surface area contributed by atoms with Crippen LogP contribution >= 0.6 is 0 Å². The fraction of sp³-hybridized carbons (Fsp3) is 0.176. The highest BCUT2D eigenvalue weighted by Gasteiger charge is 2.28. The lowest BCUT2D eigenvalue weighted by Crippen LogP contribution is -2.20. The van der Waals surface area contributed by atoms with Gasteiger partial charge in [-0.2, -0.15) is 18.3 Å². The molecule has 140 valence electrons. The minimum atomic E-state index is -4.45. The molecule has 3 aromatic rings. The number of carbonyl (C=O) groups excluding carboxylic acids is 1. The average molecular weight is 377 g/mol. The molecule has 0 spiro atoms. The number of ether oxygens (including phenoxy) is 1. The molecule has 1 N–H and O–H groups in total. The van der Waals surface area contributed by atoms with Crippen LogP contribution in [0.4, 0.5) is 18.9 Å². The van der Waals surface area contributed by atoms with Gasteiger partial charge in [-0.25, -0.2) is 14.6 Å². The Morgan fingerprint density at radius 3 is 2.67 bits per heavy atom. The molecule has 0 saturated carbocycles. The van der Waals surface area contributed by atoms with Crippen molar-refractivity contribution in [1.82, 2.24) is 19.7 Å². The summed E-state index contributed by atoms with van der Waals surface area (Å²) in [6.07, 6.45) is -0.329. The second kappa shape index (κ2) is 7.85. The molecule has 0 bridgehead atoms. The van der Waals surface area contributed by atoms with Crippen molar-refractivity contribution in [2.75, 3.05) is 11.9 Å². The zero-order valence-corrected chi connectivity index (χ0v) is 13.8. The average Bonchev–Trinajstić information content (AvgIpc) is 3.14. The molecule has 1 amide bonds. The van der Waals surface area contributed by atoms with Crippen molar-refractivity contribution in [1.29, 1.82) is 0 Å². The first kappa shape index (κ1) is 18.4. The summed E-state index contributed by atoms with van der Waals surface area (Å²) < 4.78 is 42.5. The predicted molar refractivity (Wildman–Crippen MR) is 89.3 cm³/mol. The number of anilines is 1. The SMILES string of the molecule is O=C(Nc1ccccc1Cn1cncn1)c1ccc(OCC(F)(F)F)nc1. The van der Waals surface area contributed by atoms with E-state index >= 15 is 0 Å². The van der Waals surface area contributed by atoms with Gasteiger partial charge in [-0.15, -0.1) is 0 Å². The highest BCUT2D eigenvalue weighted by atomic mass is 19.4. The van der Waals surface area contributed by atoms with E-state index in [1.54, 1.807) is 23.1 Å². The maximum atomic E-state index is 12.4. The molecule has 10 heteroatoms. The van der Waals surface area contributed by atoms with Crippen LogP contribution in [-0.4, -0.2) is 38.4 Å². The third-order valence-electron chi connectivity index (χ3n) is 3.45. The van der Waals surface area contributed by atoms with Crippen LogP contribution < -0.4 is 10.1 Å². The van der Waals surface area contributed by atoms with Gasteiger partial charge in [0.15, 0.2) is 6.61 Å². The standard InChI is InChI=1S/C17H14F3N5O2/c18-17(19,20)9-27-15-6-5-12(7-22-15)16(26)24-14-4-2-1-3-13(14)8-25-11-21-10-23-25/h1-7,10-11H,8-9H2,(H,24,26). The Morgan fingerprint density at radius 2 is 2.00 bits per heavy atom. The molecule has 0 aliphatic heterocycles. The van der Waals surface area contributed by atoms with Crippen LogP contribution in [0.3, 0.4) is 0 Å². The number of rotatable bonds is 6. The smallest absolute Gasteiger partial charge is 0.422 e. The minimum Gasteiger partial charge on any atom is -0.468 e. The van der Waals surface area contributed by atoms with Gasteiger partial charge in [-0.1, -0.05) is 18.2 Å². The molecule has 0 radical (unpaired) electrons. The zero-order chi connectivity index (χ0) is 19.3. The van der Waals surface area contributed by atoms with Crippen molar-refractivity contribution >= 4 is 11.6 Å². The Balaban J connectivity index is 1.67. The van der Waals surface area contributed by atoms with Crippen LogP contribution in [0.15, 0.2) is 55.2 Å². The number of hydrogen-bond acceptors (Lipinski definition) is 5. The highest BCUT2D eigenvalue weighted by Crippen LogP contribution is 2.19. The van der Waals surface area contributed by atoms with E-state index in [0.717, 1.165) is 11.8 Å². The van der Waals surface area contributed by atoms with E-state index in [2.05, 4.69) is 25.1 Å². The predicted octanol–water partition coefficient (Wildman–Crippen LogP) is 2.91. The number of alkyl halides is 3. The molecule has 0 aliphatic rings. The first-order valence-corrected chi connectivity index (χ1v) is 7.78. The zero-order valence-electron chi connectivity index (χ0n) is 13.8. The van der Waals surface area contributed by atoms with E-state index in [4.69, 9.17) is 0 Å². The van der Waals surface area contributed by atoms with Crippen LogP contribution in [-0.2, 0) is 6.54 Å². The summed E-state index contributed by atoms with van der Waals surface area (Å²) in [5.74, 6) is -0.661. The Bertz CT molecular complexity index is 896. The molecular weight excluding hydrogens is 363 g/mol. The van der Waals surface area contributed by atoms with Gasteiger partial charge in [-0.05, 0) is 17.7 Å². The van der Waals surface area contributed by atoms with E-state index < -0.39 is 18.7 Å². The summed E-state index contributed by atoms with van der Waals surface area (Å²) in [7, 11) is 0. The van der Waals surface area contributed by atoms with Crippen LogP contribution in [0, 0.1) is 0 Å². The lowest BCUT2D eigenvalue weighted by Gasteiger charge is -2.11. The molecule has 1 aromatic carbocycles. The van der Waals surface area contributed by atoms with Crippen molar-refractivity contribution in [3.63, 3.8) is 0 Å². The Kier molecular flexibility index (Phi) is 5.34. The second-order valence-electron chi connectivity index (χ2n) is 5.49. The maximum absolute atomic E-state index is 12.4. The van der Waals surface area contributed by atoms with Crippen LogP contribution in [0.5, 0.6) is 5.88 Å². The van der Waals surface area contributed by atoms with Crippen LogP contribution in [0.1, 0.15) is 15.9 Å². The third kappa shape index (κ3) is 5.27. The summed E-state index contributed by atoms with van der Waals surface area (Å²) in [6.45, 7) is -1.03. The van der Waals surface area contributed by atoms with Gasteiger partial charge in [0.25, 0.3) is 5.91 Å². The quantitative estimate of drug-likeness (QED) is 0.714. The number of amides is 1. The van der Waals surface area contributed by atoms with Gasteiger partial charge in [0.05, 0.1) is 12.1 Å². The first-order valence-electron chi connectivity index (χ1n) is 7.78. The number of pyridine rings is 1. The Labute approximate surface area is 151 Å². The number of aromatic nitrogens is 4. The van der Waals surface area contributed by atoms with E-state index in [9.17, 15) is 18.0 Å². The second-order valence-corrected chi connectivity index (χ2v) is 5.49. The molecule has 0 saturated heterocycles. The molecule has 0 aliphatic carbocycles. The number of nitrogens with zero attached hydrogens (tertiary/aromatic N) is 4. The van der Waals surface area contributed by atoms with Crippen molar-refractivity contribution in [3.05, 3.63) is 66.4 Å². The van der Waals surface area contributed by atoms with Crippen molar-refractivity contribution in [3.8, 4) is 5.88 Å². The van der Waals surface area contributed by atoms with Gasteiger partial charge in [0, 0.05) is 18.0 Å². The molecule has 2 heterocycles. The fourth-order valence-electron chi connectivity index (χ4n) is 2.22. The molecular formula is C17H14F3N5O2. The fourth-order valence-corrected chi connectivity index (χ4v) is 2.22. The molecule has 2 aromatic heterocycles. The molecule has 27 heavy (non-hydrogen) atoms. The monoisotopic (exact) mass is 377 g/mol. The summed E-state index contributed by atoms with van der Waals surface area (Å²) in [5.41, 5.74) is 1.58. The normalized spacial score (nSPS) is 11.2. The molecule has 0 atom stereocenters. The number of hydrogen-bond donors (Lipinski definition) is 1. The minimum absolute atomic E-state index is 0.185. The molecule has 7 nitrogen and oxygen atoms in total. The molecule has 0 fully saturated rings. The largest absolute Gasteiger partial charge is 0.468 e. The number of nitrogens with one attached hydrogen (secondary N) is 1. The first-order chi connectivity index (χ1) is 12.9. The maximum Gasteiger partial charge on any atom is 0.422 e. The highest BCUT2D eigenvalue weighted by molar-refractivity contribution is 6.04. The molecule has 0 unspecified atom stereocenters. The Morgan fingerprint density at radius 1 is 1.19 bits per heavy atom. The lowest BCUT2D eigenvalue weighted by atomic mass is 10.1. The summed E-state index contributed by atoms with van der Waals surface area (Å²) in [5, 5.41) is 6.78. The van der Waals surface area contributed by atoms with E-state index in [-0.39, 0.29) is 11.4 Å². The van der Waals surface area contributed by atoms with Crippen molar-refractivity contribution in [2.45, 2.75) is 12.7 Å².